The molecular weight excluding hydrogens is 325 g/mol. The van der Waals surface area contributed by atoms with E-state index in [2.05, 4.69) is 38.1 Å². The first kappa shape index (κ1) is 14.0. The van der Waals surface area contributed by atoms with Gasteiger partial charge in [-0.25, -0.2) is 9.37 Å². The smallest absolute Gasteiger partial charge is 0.139 e. The minimum atomic E-state index is -0.281. The fraction of sp³-hybridized carbons (Fsp3) is 0.500. The fourth-order valence-corrected chi connectivity index (χ4v) is 2.89. The van der Waals surface area contributed by atoms with E-state index in [9.17, 15) is 4.39 Å². The average Bonchev–Trinajstić information content (AvgIpc) is 3.03. The number of nitrogens with zero attached hydrogens (tertiary/aromatic N) is 1. The Kier molecular flexibility index (Phi) is 4.05. The van der Waals surface area contributed by atoms with E-state index in [4.69, 9.17) is 4.74 Å². The van der Waals surface area contributed by atoms with E-state index < -0.39 is 0 Å². The van der Waals surface area contributed by atoms with E-state index in [1.54, 1.807) is 6.07 Å². The van der Waals surface area contributed by atoms with Crippen LogP contribution in [0.25, 0.3) is 11.0 Å². The van der Waals surface area contributed by atoms with Gasteiger partial charge >= 0.3 is 0 Å². The first-order valence-corrected chi connectivity index (χ1v) is 7.64. The van der Waals surface area contributed by atoms with Crippen molar-refractivity contribution >= 4 is 27.0 Å². The molecule has 0 amide bonds. The standard InChI is InChI=1S/C14H17BrFN3O/c1-2-3-17-13-7-20-6-8(13)14-18-11-4-9(15)10(16)5-12(11)19-14/h4-5,8,13,17H,2-3,6-7H2,1H3,(H,18,19). The van der Waals surface area contributed by atoms with Crippen LogP contribution in [0.4, 0.5) is 4.39 Å². The van der Waals surface area contributed by atoms with Crippen molar-refractivity contribution in [2.75, 3.05) is 19.8 Å². The van der Waals surface area contributed by atoms with Crippen molar-refractivity contribution in [3.8, 4) is 0 Å². The summed E-state index contributed by atoms with van der Waals surface area (Å²) >= 11 is 3.19. The lowest BCUT2D eigenvalue weighted by Crippen LogP contribution is -2.35. The zero-order chi connectivity index (χ0) is 14.1. The van der Waals surface area contributed by atoms with Crippen molar-refractivity contribution in [1.29, 1.82) is 0 Å². The molecule has 2 unspecified atom stereocenters. The molecule has 1 aromatic heterocycles. The molecule has 108 valence electrons. The summed E-state index contributed by atoms with van der Waals surface area (Å²) in [6.45, 7) is 4.44. The summed E-state index contributed by atoms with van der Waals surface area (Å²) in [4.78, 5) is 7.80. The highest BCUT2D eigenvalue weighted by atomic mass is 79.9. The number of hydrogen-bond acceptors (Lipinski definition) is 3. The molecule has 1 fully saturated rings. The topological polar surface area (TPSA) is 49.9 Å². The van der Waals surface area contributed by atoms with E-state index in [0.29, 0.717) is 17.7 Å². The molecule has 1 saturated heterocycles. The number of hydrogen-bond donors (Lipinski definition) is 2. The Morgan fingerprint density at radius 2 is 2.35 bits per heavy atom. The van der Waals surface area contributed by atoms with Crippen LogP contribution in [0, 0.1) is 5.82 Å². The molecule has 20 heavy (non-hydrogen) atoms. The number of nitrogens with one attached hydrogen (secondary N) is 2. The van der Waals surface area contributed by atoms with Crippen LogP contribution in [-0.4, -0.2) is 35.8 Å². The summed E-state index contributed by atoms with van der Waals surface area (Å²) in [5.74, 6) is 0.774. The second kappa shape index (κ2) is 5.79. The number of ether oxygens (including phenoxy) is 1. The lowest BCUT2D eigenvalue weighted by Gasteiger charge is -2.16. The highest BCUT2D eigenvalue weighted by Crippen LogP contribution is 2.28. The van der Waals surface area contributed by atoms with Gasteiger partial charge in [-0.1, -0.05) is 6.92 Å². The summed E-state index contributed by atoms with van der Waals surface area (Å²) in [7, 11) is 0. The Bertz CT molecular complexity index is 577. The quantitative estimate of drug-likeness (QED) is 0.898. The SMILES string of the molecule is CCCNC1COCC1c1nc2cc(Br)c(F)cc2[nH]1. The number of rotatable bonds is 4. The molecule has 1 aliphatic rings. The Hall–Kier alpha value is -0.980. The average molecular weight is 342 g/mol. The third-order valence-corrected chi connectivity index (χ3v) is 4.24. The van der Waals surface area contributed by atoms with Crippen molar-refractivity contribution in [3.63, 3.8) is 0 Å². The normalized spacial score (nSPS) is 22.8. The van der Waals surface area contributed by atoms with Crippen LogP contribution in [0.3, 0.4) is 0 Å². The highest BCUT2D eigenvalue weighted by molar-refractivity contribution is 9.10. The molecule has 2 N–H and O–H groups in total. The molecule has 1 aliphatic heterocycles. The summed E-state index contributed by atoms with van der Waals surface area (Å²) in [6.07, 6.45) is 1.08. The maximum absolute atomic E-state index is 13.5. The Morgan fingerprint density at radius 3 is 3.15 bits per heavy atom. The molecule has 2 atom stereocenters. The number of aromatic nitrogens is 2. The van der Waals surface area contributed by atoms with Crippen LogP contribution in [-0.2, 0) is 4.74 Å². The van der Waals surface area contributed by atoms with Crippen molar-refractivity contribution in [1.82, 2.24) is 15.3 Å². The molecule has 0 saturated carbocycles. The summed E-state index contributed by atoms with van der Waals surface area (Å²) in [6, 6.07) is 3.44. The van der Waals surface area contributed by atoms with Gasteiger partial charge in [0.05, 0.1) is 34.6 Å². The number of H-pyrrole nitrogens is 1. The molecule has 1 aromatic carbocycles. The van der Waals surface area contributed by atoms with Gasteiger partial charge in [0.15, 0.2) is 0 Å². The van der Waals surface area contributed by atoms with Gasteiger partial charge in [0.2, 0.25) is 0 Å². The van der Waals surface area contributed by atoms with Crippen LogP contribution in [0.15, 0.2) is 16.6 Å². The van der Waals surface area contributed by atoms with E-state index >= 15 is 0 Å². The highest BCUT2D eigenvalue weighted by Gasteiger charge is 2.31. The molecule has 3 rings (SSSR count). The van der Waals surface area contributed by atoms with E-state index in [0.717, 1.165) is 29.8 Å². The Balaban J connectivity index is 1.89. The van der Waals surface area contributed by atoms with E-state index in [1.807, 2.05) is 0 Å². The van der Waals surface area contributed by atoms with Gasteiger partial charge in [-0.15, -0.1) is 0 Å². The van der Waals surface area contributed by atoms with Gasteiger partial charge in [-0.05, 0) is 35.0 Å². The predicted octanol–water partition coefficient (Wildman–Crippen LogP) is 2.95. The lowest BCUT2D eigenvalue weighted by atomic mass is 10.0. The van der Waals surface area contributed by atoms with Gasteiger partial charge in [-0.2, -0.15) is 0 Å². The summed E-state index contributed by atoms with van der Waals surface area (Å²) < 4.78 is 19.5. The first-order chi connectivity index (χ1) is 9.69. The van der Waals surface area contributed by atoms with Crippen LogP contribution < -0.4 is 5.32 Å². The van der Waals surface area contributed by atoms with Crippen molar-refractivity contribution < 1.29 is 9.13 Å². The van der Waals surface area contributed by atoms with Crippen LogP contribution in [0.2, 0.25) is 0 Å². The fourth-order valence-electron chi connectivity index (χ4n) is 2.55. The molecule has 2 heterocycles. The van der Waals surface area contributed by atoms with Crippen molar-refractivity contribution in [3.05, 3.63) is 28.2 Å². The minimum absolute atomic E-state index is 0.191. The summed E-state index contributed by atoms with van der Waals surface area (Å²) in [5, 5.41) is 3.48. The van der Waals surface area contributed by atoms with Gasteiger partial charge in [-0.3, -0.25) is 0 Å². The van der Waals surface area contributed by atoms with Crippen LogP contribution >= 0.6 is 15.9 Å². The van der Waals surface area contributed by atoms with Crippen LogP contribution in [0.5, 0.6) is 0 Å². The summed E-state index contributed by atoms with van der Waals surface area (Å²) in [5.41, 5.74) is 1.50. The number of benzene rings is 1. The van der Waals surface area contributed by atoms with E-state index in [-0.39, 0.29) is 17.8 Å². The largest absolute Gasteiger partial charge is 0.379 e. The zero-order valence-electron chi connectivity index (χ0n) is 11.2. The molecule has 6 heteroatoms. The Labute approximate surface area is 125 Å². The minimum Gasteiger partial charge on any atom is -0.379 e. The number of fused-ring (bicyclic) bond motifs is 1. The van der Waals surface area contributed by atoms with Gasteiger partial charge in [0.25, 0.3) is 0 Å². The number of halogens is 2. The molecule has 2 aromatic rings. The van der Waals surface area contributed by atoms with Gasteiger partial charge in [0.1, 0.15) is 11.6 Å². The maximum atomic E-state index is 13.5. The van der Waals surface area contributed by atoms with E-state index in [1.165, 1.54) is 6.07 Å². The number of imidazole rings is 1. The monoisotopic (exact) mass is 341 g/mol. The molecule has 0 spiro atoms. The predicted molar refractivity (Wildman–Crippen MR) is 79.4 cm³/mol. The van der Waals surface area contributed by atoms with Crippen molar-refractivity contribution in [2.24, 2.45) is 0 Å². The third-order valence-electron chi connectivity index (χ3n) is 3.63. The maximum Gasteiger partial charge on any atom is 0.139 e. The Morgan fingerprint density at radius 1 is 1.50 bits per heavy atom. The second-order valence-electron chi connectivity index (χ2n) is 5.11. The zero-order valence-corrected chi connectivity index (χ0v) is 12.8. The molecule has 0 aliphatic carbocycles. The van der Waals surface area contributed by atoms with Gasteiger partial charge < -0.3 is 15.0 Å². The molecule has 4 nitrogen and oxygen atoms in total. The lowest BCUT2D eigenvalue weighted by molar-refractivity contribution is 0.187. The van der Waals surface area contributed by atoms with Gasteiger partial charge in [0, 0.05) is 12.1 Å². The number of aromatic amines is 1. The van der Waals surface area contributed by atoms with Crippen LogP contribution in [0.1, 0.15) is 25.1 Å². The second-order valence-corrected chi connectivity index (χ2v) is 5.96. The molecular formula is C14H17BrFN3O. The molecule has 0 bridgehead atoms. The third kappa shape index (κ3) is 2.60. The first-order valence-electron chi connectivity index (χ1n) is 6.85. The molecule has 0 radical (unpaired) electrons. The van der Waals surface area contributed by atoms with Crippen molar-refractivity contribution in [2.45, 2.75) is 25.3 Å².